The van der Waals surface area contributed by atoms with Gasteiger partial charge in [-0.2, -0.15) is 0 Å². The summed E-state index contributed by atoms with van der Waals surface area (Å²) in [6, 6.07) is 4.90. The van der Waals surface area contributed by atoms with Gasteiger partial charge in [0.1, 0.15) is 5.82 Å². The Bertz CT molecular complexity index is 767. The predicted octanol–water partition coefficient (Wildman–Crippen LogP) is 3.79. The molecule has 0 saturated heterocycles. The first kappa shape index (κ1) is 22.0. The number of anilines is 1. The van der Waals surface area contributed by atoms with Gasteiger partial charge in [0.25, 0.3) is 0 Å². The van der Waals surface area contributed by atoms with E-state index in [1.807, 2.05) is 25.5 Å². The quantitative estimate of drug-likeness (QED) is 0.454. The van der Waals surface area contributed by atoms with E-state index >= 15 is 0 Å². The van der Waals surface area contributed by atoms with Gasteiger partial charge in [-0.15, -0.1) is 10.2 Å². The maximum atomic E-state index is 12.2. The average Bonchev–Trinajstić information content (AvgIpc) is 2.96. The van der Waals surface area contributed by atoms with Crippen molar-refractivity contribution in [3.63, 3.8) is 0 Å². The molecule has 1 amide bonds. The molecule has 148 valence electrons. The summed E-state index contributed by atoms with van der Waals surface area (Å²) in [5, 5.41) is 12.6. The lowest BCUT2D eigenvalue weighted by Gasteiger charge is -2.16. The molecule has 0 atom stereocenters. The van der Waals surface area contributed by atoms with Crippen molar-refractivity contribution >= 4 is 46.6 Å². The molecule has 0 spiro atoms. The van der Waals surface area contributed by atoms with Crippen molar-refractivity contribution in [3.05, 3.63) is 34.1 Å². The molecule has 0 fully saturated rings. The van der Waals surface area contributed by atoms with Crippen LogP contribution in [0.1, 0.15) is 19.7 Å². The molecule has 0 unspecified atom stereocenters. The number of carbonyl (C=O) groups is 1. The number of benzene rings is 1. The highest BCUT2D eigenvalue weighted by Crippen LogP contribution is 2.26. The lowest BCUT2D eigenvalue weighted by atomic mass is 10.3. The van der Waals surface area contributed by atoms with Crippen LogP contribution in [0.25, 0.3) is 0 Å². The number of amides is 1. The van der Waals surface area contributed by atoms with Crippen LogP contribution in [0.3, 0.4) is 0 Å². The minimum atomic E-state index is -0.365. The van der Waals surface area contributed by atoms with Gasteiger partial charge in [-0.25, -0.2) is 0 Å². The van der Waals surface area contributed by atoms with Crippen LogP contribution >= 0.6 is 35.0 Å². The number of rotatable bonds is 10. The van der Waals surface area contributed by atoms with E-state index < -0.39 is 0 Å². The molecule has 1 aromatic carbocycles. The number of hydrogen-bond acceptors (Lipinski definition) is 6. The highest BCUT2D eigenvalue weighted by molar-refractivity contribution is 7.99. The molecule has 0 radical (unpaired) electrons. The van der Waals surface area contributed by atoms with E-state index in [4.69, 9.17) is 32.7 Å². The molecular weight excluding hydrogens is 411 g/mol. The van der Waals surface area contributed by atoms with Gasteiger partial charge in [-0.1, -0.05) is 35.0 Å². The maximum Gasteiger partial charge on any atom is 0.234 e. The maximum absolute atomic E-state index is 12.2. The van der Waals surface area contributed by atoms with Crippen molar-refractivity contribution in [2.45, 2.75) is 31.7 Å². The van der Waals surface area contributed by atoms with E-state index in [2.05, 4.69) is 15.5 Å². The number of halogens is 2. The van der Waals surface area contributed by atoms with Gasteiger partial charge in [0.05, 0.1) is 22.9 Å². The molecule has 2 aromatic rings. The molecule has 0 aliphatic carbocycles. The molecule has 2 rings (SSSR count). The molecule has 0 bridgehead atoms. The van der Waals surface area contributed by atoms with E-state index in [1.54, 1.807) is 18.2 Å². The fourth-order valence-corrected chi connectivity index (χ4v) is 3.43. The standard InChI is InChI=1S/C17H22Cl2N4O3S/c1-4-25-16(26-5-2)9-14-21-22-17(23(14)3)27-10-15(24)20-13-7-6-11(18)8-12(13)19/h6-8,16H,4-5,9-10H2,1-3H3,(H,20,24). The minimum absolute atomic E-state index is 0.172. The highest BCUT2D eigenvalue weighted by atomic mass is 35.5. The van der Waals surface area contributed by atoms with E-state index in [0.717, 1.165) is 5.82 Å². The van der Waals surface area contributed by atoms with E-state index in [0.29, 0.717) is 40.5 Å². The summed E-state index contributed by atoms with van der Waals surface area (Å²) >= 11 is 13.2. The molecule has 1 N–H and O–H groups in total. The summed E-state index contributed by atoms with van der Waals surface area (Å²) in [6.45, 7) is 4.93. The average molecular weight is 433 g/mol. The third-order valence-electron chi connectivity index (χ3n) is 3.52. The molecular formula is C17H22Cl2N4O3S. The van der Waals surface area contributed by atoms with Crippen LogP contribution in [0.4, 0.5) is 5.69 Å². The van der Waals surface area contributed by atoms with Crippen LogP contribution in [-0.2, 0) is 27.7 Å². The number of nitrogens with one attached hydrogen (secondary N) is 1. The Hall–Kier alpha value is -1.32. The van der Waals surface area contributed by atoms with Gasteiger partial charge in [0.15, 0.2) is 11.4 Å². The Morgan fingerprint density at radius 2 is 1.96 bits per heavy atom. The van der Waals surface area contributed by atoms with Crippen LogP contribution < -0.4 is 5.32 Å². The van der Waals surface area contributed by atoms with E-state index in [9.17, 15) is 4.79 Å². The van der Waals surface area contributed by atoms with Crippen LogP contribution in [-0.4, -0.2) is 45.9 Å². The van der Waals surface area contributed by atoms with Crippen LogP contribution in [0, 0.1) is 0 Å². The van der Waals surface area contributed by atoms with Crippen molar-refractivity contribution in [2.75, 3.05) is 24.3 Å². The third-order valence-corrected chi connectivity index (χ3v) is 5.09. The van der Waals surface area contributed by atoms with Crippen molar-refractivity contribution in [2.24, 2.45) is 7.05 Å². The zero-order valence-corrected chi connectivity index (χ0v) is 17.7. The second-order valence-corrected chi connectivity index (χ2v) is 7.25. The van der Waals surface area contributed by atoms with E-state index in [1.165, 1.54) is 11.8 Å². The number of carbonyl (C=O) groups excluding carboxylic acids is 1. The Morgan fingerprint density at radius 3 is 2.59 bits per heavy atom. The van der Waals surface area contributed by atoms with Crippen molar-refractivity contribution in [3.8, 4) is 0 Å². The molecule has 0 saturated carbocycles. The predicted molar refractivity (Wildman–Crippen MR) is 108 cm³/mol. The molecule has 0 aliphatic rings. The molecule has 1 aromatic heterocycles. The Morgan fingerprint density at radius 1 is 1.26 bits per heavy atom. The van der Waals surface area contributed by atoms with Gasteiger partial charge in [0.2, 0.25) is 5.91 Å². The zero-order valence-electron chi connectivity index (χ0n) is 15.4. The monoisotopic (exact) mass is 432 g/mol. The summed E-state index contributed by atoms with van der Waals surface area (Å²) < 4.78 is 12.9. The normalized spacial score (nSPS) is 11.2. The first-order chi connectivity index (χ1) is 12.9. The van der Waals surface area contributed by atoms with Crippen LogP contribution in [0.15, 0.2) is 23.4 Å². The van der Waals surface area contributed by atoms with Crippen LogP contribution in [0.2, 0.25) is 10.0 Å². The second kappa shape index (κ2) is 10.9. The second-order valence-electron chi connectivity index (χ2n) is 5.46. The number of hydrogen-bond donors (Lipinski definition) is 1. The summed E-state index contributed by atoms with van der Waals surface area (Å²) in [5.74, 6) is 0.700. The summed E-state index contributed by atoms with van der Waals surface area (Å²) in [7, 11) is 1.85. The molecule has 1 heterocycles. The van der Waals surface area contributed by atoms with Gasteiger partial charge in [0, 0.05) is 25.3 Å². The fourth-order valence-electron chi connectivity index (χ4n) is 2.24. The van der Waals surface area contributed by atoms with Crippen molar-refractivity contribution in [1.82, 2.24) is 14.8 Å². The first-order valence-corrected chi connectivity index (χ1v) is 10.2. The van der Waals surface area contributed by atoms with Gasteiger partial charge >= 0.3 is 0 Å². The fraction of sp³-hybridized carbons (Fsp3) is 0.471. The smallest absolute Gasteiger partial charge is 0.234 e. The van der Waals surface area contributed by atoms with Gasteiger partial charge in [-0.3, -0.25) is 4.79 Å². The number of thioether (sulfide) groups is 1. The largest absolute Gasteiger partial charge is 0.352 e. The van der Waals surface area contributed by atoms with Crippen LogP contribution in [0.5, 0.6) is 0 Å². The first-order valence-electron chi connectivity index (χ1n) is 8.43. The lowest BCUT2D eigenvalue weighted by molar-refractivity contribution is -0.135. The Labute approximate surface area is 172 Å². The van der Waals surface area contributed by atoms with E-state index in [-0.39, 0.29) is 18.0 Å². The summed E-state index contributed by atoms with van der Waals surface area (Å²) in [4.78, 5) is 12.2. The lowest BCUT2D eigenvalue weighted by Crippen LogP contribution is -2.22. The molecule has 7 nitrogen and oxygen atoms in total. The SMILES string of the molecule is CCOC(Cc1nnc(SCC(=O)Nc2ccc(Cl)cc2Cl)n1C)OCC. The highest BCUT2D eigenvalue weighted by Gasteiger charge is 2.17. The third kappa shape index (κ3) is 6.65. The summed E-state index contributed by atoms with van der Waals surface area (Å²) in [6.07, 6.45) is 0.120. The Balaban J connectivity index is 1.92. The van der Waals surface area contributed by atoms with Crippen molar-refractivity contribution < 1.29 is 14.3 Å². The topological polar surface area (TPSA) is 78.3 Å². The van der Waals surface area contributed by atoms with Crippen molar-refractivity contribution in [1.29, 1.82) is 0 Å². The zero-order chi connectivity index (χ0) is 19.8. The number of nitrogens with zero attached hydrogens (tertiary/aromatic N) is 3. The molecule has 0 aliphatic heterocycles. The number of aromatic nitrogens is 3. The van der Waals surface area contributed by atoms with Gasteiger partial charge < -0.3 is 19.4 Å². The summed E-state index contributed by atoms with van der Waals surface area (Å²) in [5.41, 5.74) is 0.515. The van der Waals surface area contributed by atoms with Gasteiger partial charge in [-0.05, 0) is 32.0 Å². The Kier molecular flexibility index (Phi) is 8.85. The molecule has 27 heavy (non-hydrogen) atoms. The minimum Gasteiger partial charge on any atom is -0.352 e. The number of ether oxygens (including phenoxy) is 2. The molecule has 10 heteroatoms.